The zero-order valence-electron chi connectivity index (χ0n) is 14.6. The minimum Gasteiger partial charge on any atom is -0.369 e. The van der Waals surface area contributed by atoms with E-state index in [4.69, 9.17) is 0 Å². The molecule has 132 valence electrons. The Morgan fingerprint density at radius 3 is 2.56 bits per heavy atom. The quantitative estimate of drug-likeness (QED) is 0.776. The average molecular weight is 359 g/mol. The van der Waals surface area contributed by atoms with Gasteiger partial charge in [-0.2, -0.15) is 0 Å². The molecule has 0 radical (unpaired) electrons. The lowest BCUT2D eigenvalue weighted by Crippen LogP contribution is -2.42. The van der Waals surface area contributed by atoms with Gasteiger partial charge in [-0.25, -0.2) is 8.42 Å². The first kappa shape index (κ1) is 17.6. The van der Waals surface area contributed by atoms with Crippen molar-refractivity contribution in [2.45, 2.75) is 26.7 Å². The maximum Gasteiger partial charge on any atom is 0.211 e. The number of fused-ring (bicyclic) bond motifs is 1. The fraction of sp³-hybridized carbons (Fsp3) is 0.368. The van der Waals surface area contributed by atoms with E-state index in [9.17, 15) is 18.0 Å². The highest BCUT2D eigenvalue weighted by Crippen LogP contribution is 2.34. The largest absolute Gasteiger partial charge is 0.369 e. The van der Waals surface area contributed by atoms with Crippen LogP contribution in [0, 0.1) is 0 Å². The highest BCUT2D eigenvalue weighted by Gasteiger charge is 2.43. The Bertz CT molecular complexity index is 934. The lowest BCUT2D eigenvalue weighted by atomic mass is 9.89. The van der Waals surface area contributed by atoms with Crippen LogP contribution in [0.25, 0.3) is 0 Å². The number of Topliss-reactive ketones (excluding diaryl/α,β-unsaturated/α-hetero) is 2. The van der Waals surface area contributed by atoms with Gasteiger partial charge in [0.05, 0.1) is 5.75 Å². The number of nitrogens with zero attached hydrogens (tertiary/aromatic N) is 1. The van der Waals surface area contributed by atoms with Crippen molar-refractivity contribution < 1.29 is 18.0 Å². The minimum absolute atomic E-state index is 0.0187. The highest BCUT2D eigenvalue weighted by molar-refractivity contribution is 7.96. The van der Waals surface area contributed by atoms with Crippen LogP contribution in [0.1, 0.15) is 46.5 Å². The highest BCUT2D eigenvalue weighted by atomic mass is 32.2. The van der Waals surface area contributed by atoms with E-state index in [1.165, 1.54) is 5.57 Å². The van der Waals surface area contributed by atoms with E-state index in [2.05, 4.69) is 6.08 Å². The van der Waals surface area contributed by atoms with Crippen molar-refractivity contribution in [2.75, 3.05) is 19.3 Å². The standard InChI is InChI=1S/C19H21NO4S/c1-12(2)5-4-6-13-7-8-14-15(11-13)17(21)16-19(18(14)22)25(23,24)10-9-20(16)3/h5,7-8,11H,4,6,9-10H2,1-3H3. The topological polar surface area (TPSA) is 71.5 Å². The molecular weight excluding hydrogens is 338 g/mol. The van der Waals surface area contributed by atoms with E-state index < -0.39 is 15.6 Å². The predicted molar refractivity (Wildman–Crippen MR) is 96.3 cm³/mol. The van der Waals surface area contributed by atoms with E-state index in [0.29, 0.717) is 5.56 Å². The van der Waals surface area contributed by atoms with Gasteiger partial charge in [-0.1, -0.05) is 17.7 Å². The monoisotopic (exact) mass is 359 g/mol. The third kappa shape index (κ3) is 3.06. The number of hydrogen-bond acceptors (Lipinski definition) is 5. The molecule has 0 spiro atoms. The van der Waals surface area contributed by atoms with Crippen molar-refractivity contribution >= 4 is 21.4 Å². The van der Waals surface area contributed by atoms with Crippen molar-refractivity contribution in [1.29, 1.82) is 0 Å². The number of hydrogen-bond donors (Lipinski definition) is 0. The molecule has 1 aromatic carbocycles. The van der Waals surface area contributed by atoms with Gasteiger partial charge in [0, 0.05) is 24.7 Å². The third-order valence-corrected chi connectivity index (χ3v) is 6.30. The lowest BCUT2D eigenvalue weighted by molar-refractivity contribution is 0.0952. The van der Waals surface area contributed by atoms with Gasteiger partial charge in [0.25, 0.3) is 0 Å². The lowest BCUT2D eigenvalue weighted by Gasteiger charge is -2.32. The average Bonchev–Trinajstić information content (AvgIpc) is 2.54. The Morgan fingerprint density at radius 2 is 1.88 bits per heavy atom. The van der Waals surface area contributed by atoms with Crippen molar-refractivity contribution in [3.05, 3.63) is 57.1 Å². The Hall–Kier alpha value is -2.21. The summed E-state index contributed by atoms with van der Waals surface area (Å²) in [5.74, 6) is -1.08. The zero-order chi connectivity index (χ0) is 18.4. The van der Waals surface area contributed by atoms with Crippen LogP contribution in [0.5, 0.6) is 0 Å². The van der Waals surface area contributed by atoms with E-state index in [-0.39, 0.29) is 34.2 Å². The zero-order valence-corrected chi connectivity index (χ0v) is 15.4. The summed E-state index contributed by atoms with van der Waals surface area (Å²) in [7, 11) is -2.06. The van der Waals surface area contributed by atoms with Crippen LogP contribution in [0.4, 0.5) is 0 Å². The van der Waals surface area contributed by atoms with Gasteiger partial charge in [-0.3, -0.25) is 9.59 Å². The number of ketones is 2. The SMILES string of the molecule is CC(C)=CCCc1ccc2c(c1)C(=O)C1=C(C2=O)S(=O)(=O)CCN1C. The number of sulfone groups is 1. The molecule has 0 saturated carbocycles. The van der Waals surface area contributed by atoms with Crippen molar-refractivity contribution in [3.63, 3.8) is 0 Å². The van der Waals surface area contributed by atoms with Gasteiger partial charge < -0.3 is 4.90 Å². The van der Waals surface area contributed by atoms with E-state index >= 15 is 0 Å². The normalized spacial score (nSPS) is 18.8. The van der Waals surface area contributed by atoms with Gasteiger partial charge in [0.15, 0.2) is 9.84 Å². The first-order chi connectivity index (χ1) is 11.7. The van der Waals surface area contributed by atoms with E-state index in [0.717, 1.165) is 18.4 Å². The molecule has 0 fully saturated rings. The maximum absolute atomic E-state index is 12.9. The minimum atomic E-state index is -3.72. The first-order valence-corrected chi connectivity index (χ1v) is 9.91. The Labute approximate surface area is 147 Å². The molecule has 1 aromatic rings. The molecule has 1 aliphatic heterocycles. The molecule has 1 heterocycles. The molecule has 1 aliphatic carbocycles. The molecule has 0 amide bonds. The Kier molecular flexibility index (Phi) is 4.41. The van der Waals surface area contributed by atoms with Crippen molar-refractivity contribution in [3.8, 4) is 0 Å². The molecule has 2 aliphatic rings. The van der Waals surface area contributed by atoms with Crippen LogP contribution < -0.4 is 0 Å². The van der Waals surface area contributed by atoms with Crippen LogP contribution in [0.3, 0.4) is 0 Å². The molecule has 5 nitrogen and oxygen atoms in total. The second-order valence-corrected chi connectivity index (χ2v) is 8.82. The molecule has 0 atom stereocenters. The van der Waals surface area contributed by atoms with Gasteiger partial charge in [-0.15, -0.1) is 0 Å². The molecule has 0 bridgehead atoms. The van der Waals surface area contributed by atoms with Crippen LogP contribution in [0.15, 0.2) is 40.5 Å². The summed E-state index contributed by atoms with van der Waals surface area (Å²) in [6.07, 6.45) is 3.74. The van der Waals surface area contributed by atoms with Gasteiger partial charge in [-0.05, 0) is 44.4 Å². The molecule has 6 heteroatoms. The van der Waals surface area contributed by atoms with Crippen LogP contribution in [0.2, 0.25) is 0 Å². The number of aryl methyl sites for hydroxylation is 1. The summed E-state index contributed by atoms with van der Waals surface area (Å²) in [6, 6.07) is 5.11. The van der Waals surface area contributed by atoms with Gasteiger partial charge >= 0.3 is 0 Å². The number of carbonyl (C=O) groups is 2. The molecule has 25 heavy (non-hydrogen) atoms. The fourth-order valence-corrected chi connectivity index (χ4v) is 4.88. The van der Waals surface area contributed by atoms with Gasteiger partial charge in [0.2, 0.25) is 11.6 Å². The Balaban J connectivity index is 2.05. The second kappa shape index (κ2) is 6.26. The van der Waals surface area contributed by atoms with Gasteiger partial charge in [0.1, 0.15) is 10.6 Å². The van der Waals surface area contributed by atoms with Crippen LogP contribution >= 0.6 is 0 Å². The van der Waals surface area contributed by atoms with Crippen molar-refractivity contribution in [2.24, 2.45) is 0 Å². The third-order valence-electron chi connectivity index (χ3n) is 4.58. The van der Waals surface area contributed by atoms with E-state index in [1.807, 2.05) is 13.8 Å². The fourth-order valence-electron chi connectivity index (χ4n) is 3.23. The molecule has 0 aromatic heterocycles. The molecular formula is C19H21NO4S. The first-order valence-electron chi connectivity index (χ1n) is 8.26. The second-order valence-electron chi connectivity index (χ2n) is 6.78. The molecule has 3 rings (SSSR count). The summed E-state index contributed by atoms with van der Waals surface area (Å²) in [5.41, 5.74) is 2.71. The summed E-state index contributed by atoms with van der Waals surface area (Å²) in [6.45, 7) is 4.28. The van der Waals surface area contributed by atoms with E-state index in [1.54, 1.807) is 30.1 Å². The number of allylic oxidation sites excluding steroid dienone is 4. The molecule has 0 unspecified atom stereocenters. The maximum atomic E-state index is 12.9. The molecule has 0 N–H and O–H groups in total. The number of likely N-dealkylation sites (N-methyl/N-ethyl adjacent to an activating group) is 1. The van der Waals surface area contributed by atoms with Crippen LogP contribution in [-0.4, -0.2) is 44.2 Å². The molecule has 0 saturated heterocycles. The summed E-state index contributed by atoms with van der Waals surface area (Å²) in [5, 5.41) is 0. The summed E-state index contributed by atoms with van der Waals surface area (Å²) < 4.78 is 24.7. The summed E-state index contributed by atoms with van der Waals surface area (Å²) >= 11 is 0. The number of benzene rings is 1. The Morgan fingerprint density at radius 1 is 1.16 bits per heavy atom. The summed E-state index contributed by atoms with van der Waals surface area (Å²) in [4.78, 5) is 26.9. The smallest absolute Gasteiger partial charge is 0.211 e. The number of rotatable bonds is 3. The van der Waals surface area contributed by atoms with Crippen molar-refractivity contribution in [1.82, 2.24) is 4.90 Å². The predicted octanol–water partition coefficient (Wildman–Crippen LogP) is 2.54. The van der Waals surface area contributed by atoms with Crippen LogP contribution in [-0.2, 0) is 16.3 Å². The number of carbonyl (C=O) groups excluding carboxylic acids is 2.